The molecule has 0 fully saturated rings. The largest absolute Gasteiger partial charge is 0.497 e. The first-order chi connectivity index (χ1) is 9.86. The Bertz CT molecular complexity index is 502. The van der Waals surface area contributed by atoms with Gasteiger partial charge in [-0.3, -0.25) is 9.59 Å². The van der Waals surface area contributed by atoms with Gasteiger partial charge in [-0.2, -0.15) is 0 Å². The van der Waals surface area contributed by atoms with Gasteiger partial charge in [-0.15, -0.1) is 0 Å². The number of nitrogens with zero attached hydrogens (tertiary/aromatic N) is 1. The standard InChI is InChI=1S/C15H22N2O4/c1-10(15(19)20)14(18)16-9-13(17(2)3)11-6-5-7-12(8-11)21-4/h5-8,10,13H,9H2,1-4H3,(H,16,18)(H,19,20). The highest BCUT2D eigenvalue weighted by Gasteiger charge is 2.22. The first kappa shape index (κ1) is 17.0. The molecule has 2 N–H and O–H groups in total. The van der Waals surface area contributed by atoms with Gasteiger partial charge < -0.3 is 20.1 Å². The number of carboxylic acids is 1. The molecule has 0 aliphatic rings. The molecule has 116 valence electrons. The van der Waals surface area contributed by atoms with Crippen molar-refractivity contribution in [1.29, 1.82) is 0 Å². The van der Waals surface area contributed by atoms with Crippen LogP contribution in [0.5, 0.6) is 5.75 Å². The average molecular weight is 294 g/mol. The lowest BCUT2D eigenvalue weighted by atomic mass is 10.0. The molecule has 0 heterocycles. The summed E-state index contributed by atoms with van der Waals surface area (Å²) in [4.78, 5) is 24.5. The predicted molar refractivity (Wildman–Crippen MR) is 79.2 cm³/mol. The molecule has 0 aliphatic heterocycles. The molecule has 1 aromatic rings. The Labute approximate surface area is 124 Å². The Morgan fingerprint density at radius 1 is 1.38 bits per heavy atom. The molecule has 0 saturated heterocycles. The monoisotopic (exact) mass is 294 g/mol. The summed E-state index contributed by atoms with van der Waals surface area (Å²) in [5.41, 5.74) is 0.989. The van der Waals surface area contributed by atoms with Gasteiger partial charge in [0, 0.05) is 6.54 Å². The van der Waals surface area contributed by atoms with Gasteiger partial charge in [-0.25, -0.2) is 0 Å². The summed E-state index contributed by atoms with van der Waals surface area (Å²) in [6.07, 6.45) is 0. The van der Waals surface area contributed by atoms with Gasteiger partial charge >= 0.3 is 5.97 Å². The molecule has 0 bridgehead atoms. The average Bonchev–Trinajstić information content (AvgIpc) is 2.46. The highest BCUT2D eigenvalue weighted by Crippen LogP contribution is 2.22. The van der Waals surface area contributed by atoms with Gasteiger partial charge in [-0.05, 0) is 38.7 Å². The highest BCUT2D eigenvalue weighted by atomic mass is 16.5. The van der Waals surface area contributed by atoms with Crippen molar-refractivity contribution in [3.8, 4) is 5.75 Å². The number of carbonyl (C=O) groups excluding carboxylic acids is 1. The van der Waals surface area contributed by atoms with Crippen molar-refractivity contribution < 1.29 is 19.4 Å². The van der Waals surface area contributed by atoms with Crippen molar-refractivity contribution in [3.63, 3.8) is 0 Å². The number of methoxy groups -OCH3 is 1. The van der Waals surface area contributed by atoms with Crippen LogP contribution in [0.4, 0.5) is 0 Å². The molecule has 2 unspecified atom stereocenters. The lowest BCUT2D eigenvalue weighted by Gasteiger charge is -2.25. The van der Waals surface area contributed by atoms with Crippen LogP contribution in [0.1, 0.15) is 18.5 Å². The number of rotatable bonds is 7. The molecule has 1 aromatic carbocycles. The molecule has 0 aromatic heterocycles. The summed E-state index contributed by atoms with van der Waals surface area (Å²) in [6, 6.07) is 7.51. The zero-order valence-corrected chi connectivity index (χ0v) is 12.8. The van der Waals surface area contributed by atoms with Gasteiger partial charge in [0.25, 0.3) is 0 Å². The summed E-state index contributed by atoms with van der Waals surface area (Å²) in [7, 11) is 5.40. The van der Waals surface area contributed by atoms with Crippen molar-refractivity contribution in [2.75, 3.05) is 27.7 Å². The maximum atomic E-state index is 11.7. The van der Waals surface area contributed by atoms with E-state index in [-0.39, 0.29) is 6.04 Å². The number of carbonyl (C=O) groups is 2. The van der Waals surface area contributed by atoms with E-state index in [1.807, 2.05) is 43.3 Å². The number of likely N-dealkylation sites (N-methyl/N-ethyl adjacent to an activating group) is 1. The molecule has 6 heteroatoms. The fourth-order valence-corrected chi connectivity index (χ4v) is 1.91. The topological polar surface area (TPSA) is 78.9 Å². The van der Waals surface area contributed by atoms with Gasteiger partial charge in [0.15, 0.2) is 0 Å². The second-order valence-electron chi connectivity index (χ2n) is 5.06. The summed E-state index contributed by atoms with van der Waals surface area (Å²) in [5.74, 6) is -1.93. The maximum Gasteiger partial charge on any atom is 0.315 e. The minimum atomic E-state index is -1.13. The number of nitrogens with one attached hydrogen (secondary N) is 1. The smallest absolute Gasteiger partial charge is 0.315 e. The first-order valence-electron chi connectivity index (χ1n) is 6.67. The number of ether oxygens (including phenoxy) is 1. The second-order valence-corrected chi connectivity index (χ2v) is 5.06. The molecule has 0 radical (unpaired) electrons. The van der Waals surface area contributed by atoms with E-state index in [0.717, 1.165) is 11.3 Å². The van der Waals surface area contributed by atoms with Crippen LogP contribution in [0.3, 0.4) is 0 Å². The summed E-state index contributed by atoms with van der Waals surface area (Å²) < 4.78 is 5.20. The van der Waals surface area contributed by atoms with Crippen LogP contribution in [0.2, 0.25) is 0 Å². The fraction of sp³-hybridized carbons (Fsp3) is 0.467. The number of hydrogen-bond acceptors (Lipinski definition) is 4. The van der Waals surface area contributed by atoms with Crippen molar-refractivity contribution in [2.24, 2.45) is 5.92 Å². The lowest BCUT2D eigenvalue weighted by Crippen LogP contribution is -2.39. The van der Waals surface area contributed by atoms with Gasteiger partial charge in [0.1, 0.15) is 11.7 Å². The first-order valence-corrected chi connectivity index (χ1v) is 6.67. The summed E-state index contributed by atoms with van der Waals surface area (Å²) in [5, 5.41) is 11.5. The number of hydrogen-bond donors (Lipinski definition) is 2. The lowest BCUT2D eigenvalue weighted by molar-refractivity contribution is -0.146. The van der Waals surface area contributed by atoms with Crippen LogP contribution >= 0.6 is 0 Å². The number of carboxylic acid groups (broad SMARTS) is 1. The maximum absolute atomic E-state index is 11.7. The zero-order chi connectivity index (χ0) is 16.0. The summed E-state index contributed by atoms with van der Waals surface area (Å²) >= 11 is 0. The highest BCUT2D eigenvalue weighted by molar-refractivity contribution is 5.96. The predicted octanol–water partition coefficient (Wildman–Crippen LogP) is 1.13. The SMILES string of the molecule is COc1cccc(C(CNC(=O)C(C)C(=O)O)N(C)C)c1. The molecule has 0 spiro atoms. The van der Waals surface area contributed by atoms with Crippen LogP contribution < -0.4 is 10.1 Å². The van der Waals surface area contributed by atoms with E-state index < -0.39 is 17.8 Å². The molecule has 2 atom stereocenters. The van der Waals surface area contributed by atoms with Crippen LogP contribution in [-0.4, -0.2) is 49.6 Å². The van der Waals surface area contributed by atoms with Gasteiger partial charge in [-0.1, -0.05) is 12.1 Å². The minimum Gasteiger partial charge on any atom is -0.497 e. The molecule has 0 saturated carbocycles. The van der Waals surface area contributed by atoms with E-state index >= 15 is 0 Å². The summed E-state index contributed by atoms with van der Waals surface area (Å²) in [6.45, 7) is 1.70. The molecule has 6 nitrogen and oxygen atoms in total. The second kappa shape index (κ2) is 7.64. The Balaban J connectivity index is 2.79. The van der Waals surface area contributed by atoms with Crippen molar-refractivity contribution >= 4 is 11.9 Å². The molecule has 1 amide bonds. The number of benzene rings is 1. The van der Waals surface area contributed by atoms with E-state index in [9.17, 15) is 9.59 Å². The Hall–Kier alpha value is -2.08. The molecule has 1 rings (SSSR count). The number of aliphatic carboxylic acids is 1. The van der Waals surface area contributed by atoms with E-state index in [4.69, 9.17) is 9.84 Å². The third kappa shape index (κ3) is 4.75. The molecule has 0 aliphatic carbocycles. The quantitative estimate of drug-likeness (QED) is 0.737. The van der Waals surface area contributed by atoms with E-state index in [1.54, 1.807) is 7.11 Å². The van der Waals surface area contributed by atoms with E-state index in [0.29, 0.717) is 6.54 Å². The van der Waals surface area contributed by atoms with Gasteiger partial charge in [0.05, 0.1) is 13.2 Å². The van der Waals surface area contributed by atoms with E-state index in [2.05, 4.69) is 5.32 Å². The molecular weight excluding hydrogens is 272 g/mol. The Morgan fingerprint density at radius 2 is 2.05 bits per heavy atom. The van der Waals surface area contributed by atoms with Gasteiger partial charge in [0.2, 0.25) is 5.91 Å². The van der Waals surface area contributed by atoms with Crippen LogP contribution in [0.25, 0.3) is 0 Å². The van der Waals surface area contributed by atoms with Crippen molar-refractivity contribution in [2.45, 2.75) is 13.0 Å². The van der Waals surface area contributed by atoms with Crippen molar-refractivity contribution in [3.05, 3.63) is 29.8 Å². The van der Waals surface area contributed by atoms with Crippen molar-refractivity contribution in [1.82, 2.24) is 10.2 Å². The van der Waals surface area contributed by atoms with Crippen LogP contribution in [0.15, 0.2) is 24.3 Å². The molecular formula is C15H22N2O4. The zero-order valence-electron chi connectivity index (χ0n) is 12.8. The Morgan fingerprint density at radius 3 is 2.57 bits per heavy atom. The minimum absolute atomic E-state index is 0.0648. The molecule has 21 heavy (non-hydrogen) atoms. The Kier molecular flexibility index (Phi) is 6.17. The van der Waals surface area contributed by atoms with Crippen LogP contribution in [0, 0.1) is 5.92 Å². The fourth-order valence-electron chi connectivity index (χ4n) is 1.91. The third-order valence-corrected chi connectivity index (χ3v) is 3.34. The number of amides is 1. The normalized spacial score (nSPS) is 13.6. The van der Waals surface area contributed by atoms with E-state index in [1.165, 1.54) is 6.92 Å². The van der Waals surface area contributed by atoms with Crippen LogP contribution in [-0.2, 0) is 9.59 Å². The third-order valence-electron chi connectivity index (χ3n) is 3.34.